The molecule has 0 aliphatic heterocycles. The van der Waals surface area contributed by atoms with E-state index in [9.17, 15) is 4.39 Å². The lowest BCUT2D eigenvalue weighted by Gasteiger charge is -2.27. The van der Waals surface area contributed by atoms with Crippen LogP contribution in [0.4, 0.5) is 10.1 Å². The summed E-state index contributed by atoms with van der Waals surface area (Å²) in [6, 6.07) is 20.6. The zero-order valence-corrected chi connectivity index (χ0v) is 19.2. The topological polar surface area (TPSA) is 114 Å². The predicted molar refractivity (Wildman–Crippen MR) is 139 cm³/mol. The van der Waals surface area contributed by atoms with E-state index in [-0.39, 0.29) is 11.5 Å². The summed E-state index contributed by atoms with van der Waals surface area (Å²) >= 11 is 0. The van der Waals surface area contributed by atoms with E-state index in [0.29, 0.717) is 29.0 Å². The van der Waals surface area contributed by atoms with Crippen LogP contribution in [0.15, 0.2) is 72.4 Å². The normalized spacial score (nSPS) is 18.6. The van der Waals surface area contributed by atoms with Crippen LogP contribution >= 0.6 is 0 Å². The molecule has 6 heteroatoms. The summed E-state index contributed by atoms with van der Waals surface area (Å²) in [6.07, 6.45) is 6.16. The molecule has 176 valence electrons. The first-order valence-corrected chi connectivity index (χ1v) is 11.7. The van der Waals surface area contributed by atoms with Crippen LogP contribution in [-0.4, -0.2) is 17.8 Å². The molecule has 0 amide bonds. The molecule has 0 unspecified atom stereocenters. The Balaban J connectivity index is 1.48. The maximum atomic E-state index is 13.7. The first-order chi connectivity index (χ1) is 16.4. The Morgan fingerprint density at radius 1 is 0.971 bits per heavy atom. The molecule has 8 N–H and O–H groups in total. The number of allylic oxidation sites excluding steroid dienone is 1. The number of hydrogen-bond acceptors (Lipinski definition) is 5. The summed E-state index contributed by atoms with van der Waals surface area (Å²) in [6.45, 7) is 0.779. The summed E-state index contributed by atoms with van der Waals surface area (Å²) in [5.74, 6) is -0.313. The molecule has 34 heavy (non-hydrogen) atoms. The second kappa shape index (κ2) is 10.6. The average molecular weight is 458 g/mol. The van der Waals surface area contributed by atoms with E-state index in [1.807, 2.05) is 24.3 Å². The molecule has 0 spiro atoms. The van der Waals surface area contributed by atoms with Crippen LogP contribution in [-0.2, 0) is 6.54 Å². The number of halogens is 1. The molecular formula is C28H32FN5. The first kappa shape index (κ1) is 23.7. The van der Waals surface area contributed by atoms with E-state index in [1.54, 1.807) is 24.3 Å². The van der Waals surface area contributed by atoms with Gasteiger partial charge in [-0.3, -0.25) is 5.41 Å². The van der Waals surface area contributed by atoms with Gasteiger partial charge in [0.15, 0.2) is 0 Å². The number of benzene rings is 3. The van der Waals surface area contributed by atoms with Crippen molar-refractivity contribution in [3.63, 3.8) is 0 Å². The molecule has 0 radical (unpaired) electrons. The number of anilines is 1. The molecular weight excluding hydrogens is 425 g/mol. The van der Waals surface area contributed by atoms with Gasteiger partial charge in [0.25, 0.3) is 0 Å². The van der Waals surface area contributed by atoms with Gasteiger partial charge < -0.3 is 22.5 Å². The van der Waals surface area contributed by atoms with Crippen LogP contribution in [0.2, 0.25) is 0 Å². The fourth-order valence-electron chi connectivity index (χ4n) is 4.41. The van der Waals surface area contributed by atoms with Gasteiger partial charge in [0.2, 0.25) is 0 Å². The fraction of sp³-hybridized carbons (Fsp3) is 0.250. The van der Waals surface area contributed by atoms with Gasteiger partial charge in [-0.25, -0.2) is 4.39 Å². The number of nitrogens with one attached hydrogen (secondary N) is 2. The zero-order chi connectivity index (χ0) is 24.1. The summed E-state index contributed by atoms with van der Waals surface area (Å²) in [4.78, 5) is 0. The average Bonchev–Trinajstić information content (AvgIpc) is 2.84. The highest BCUT2D eigenvalue weighted by atomic mass is 19.1. The third kappa shape index (κ3) is 5.90. The molecule has 3 aromatic rings. The van der Waals surface area contributed by atoms with Crippen molar-refractivity contribution in [1.82, 2.24) is 5.32 Å². The van der Waals surface area contributed by atoms with Gasteiger partial charge in [0.1, 0.15) is 5.82 Å². The summed E-state index contributed by atoms with van der Waals surface area (Å²) in [7, 11) is 0. The summed E-state index contributed by atoms with van der Waals surface area (Å²) in [5.41, 5.74) is 23.5. The van der Waals surface area contributed by atoms with Gasteiger partial charge in [-0.1, -0.05) is 42.5 Å². The molecule has 1 aliphatic rings. The SMILES string of the molecule is N=C(/C(N)=C/c1cccc(CNC2CCC(N)CC2)c1)c1cc(-c2cccc(F)c2)ccc1N. The maximum absolute atomic E-state index is 13.7. The van der Waals surface area contributed by atoms with Crippen LogP contribution in [0, 0.1) is 11.2 Å². The Hall–Kier alpha value is -3.48. The predicted octanol–water partition coefficient (Wildman–Crippen LogP) is 4.80. The Morgan fingerprint density at radius 2 is 1.71 bits per heavy atom. The number of rotatable bonds is 7. The van der Waals surface area contributed by atoms with Gasteiger partial charge in [0, 0.05) is 29.9 Å². The quantitative estimate of drug-likeness (QED) is 0.259. The van der Waals surface area contributed by atoms with E-state index >= 15 is 0 Å². The van der Waals surface area contributed by atoms with Crippen LogP contribution < -0.4 is 22.5 Å². The fourth-order valence-corrected chi connectivity index (χ4v) is 4.41. The van der Waals surface area contributed by atoms with Crippen LogP contribution in [0.5, 0.6) is 0 Å². The van der Waals surface area contributed by atoms with Crippen molar-refractivity contribution in [2.75, 3.05) is 5.73 Å². The lowest BCUT2D eigenvalue weighted by Crippen LogP contribution is -2.37. The summed E-state index contributed by atoms with van der Waals surface area (Å²) < 4.78 is 13.7. The highest BCUT2D eigenvalue weighted by Crippen LogP contribution is 2.26. The molecule has 1 saturated carbocycles. The van der Waals surface area contributed by atoms with Crippen molar-refractivity contribution in [1.29, 1.82) is 5.41 Å². The van der Waals surface area contributed by atoms with E-state index in [0.717, 1.165) is 54.5 Å². The van der Waals surface area contributed by atoms with Gasteiger partial charge in [-0.05, 0) is 78.3 Å². The van der Waals surface area contributed by atoms with Crippen molar-refractivity contribution in [3.05, 3.63) is 94.9 Å². The Kier molecular flexibility index (Phi) is 7.40. The molecule has 4 rings (SSSR count). The van der Waals surface area contributed by atoms with Crippen LogP contribution in [0.1, 0.15) is 42.4 Å². The van der Waals surface area contributed by atoms with Gasteiger partial charge in [-0.2, -0.15) is 0 Å². The van der Waals surface area contributed by atoms with Crippen molar-refractivity contribution >= 4 is 17.5 Å². The van der Waals surface area contributed by atoms with Crippen molar-refractivity contribution in [2.45, 2.75) is 44.3 Å². The van der Waals surface area contributed by atoms with Crippen molar-refractivity contribution < 1.29 is 4.39 Å². The van der Waals surface area contributed by atoms with Crippen LogP contribution in [0.25, 0.3) is 17.2 Å². The highest BCUT2D eigenvalue weighted by molar-refractivity contribution is 6.15. The lowest BCUT2D eigenvalue weighted by atomic mass is 9.91. The molecule has 0 bridgehead atoms. The molecule has 0 saturated heterocycles. The number of nitrogen functional groups attached to an aromatic ring is 1. The smallest absolute Gasteiger partial charge is 0.123 e. The van der Waals surface area contributed by atoms with Gasteiger partial charge in [-0.15, -0.1) is 0 Å². The minimum absolute atomic E-state index is 0.137. The zero-order valence-electron chi connectivity index (χ0n) is 19.2. The first-order valence-electron chi connectivity index (χ1n) is 11.7. The molecule has 1 fully saturated rings. The monoisotopic (exact) mass is 457 g/mol. The van der Waals surface area contributed by atoms with E-state index in [4.69, 9.17) is 22.6 Å². The molecule has 0 aromatic heterocycles. The summed E-state index contributed by atoms with van der Waals surface area (Å²) in [5, 5.41) is 12.3. The van der Waals surface area contributed by atoms with Crippen LogP contribution in [0.3, 0.4) is 0 Å². The van der Waals surface area contributed by atoms with E-state index < -0.39 is 0 Å². The van der Waals surface area contributed by atoms with Crippen molar-refractivity contribution in [3.8, 4) is 11.1 Å². The minimum atomic E-state index is -0.313. The molecule has 0 heterocycles. The second-order valence-electron chi connectivity index (χ2n) is 9.02. The Labute approximate surface area is 200 Å². The van der Waals surface area contributed by atoms with Gasteiger partial charge >= 0.3 is 0 Å². The lowest BCUT2D eigenvalue weighted by molar-refractivity contribution is 0.342. The van der Waals surface area contributed by atoms with Gasteiger partial charge in [0.05, 0.1) is 11.4 Å². The molecule has 5 nitrogen and oxygen atoms in total. The number of nitrogens with two attached hydrogens (primary N) is 3. The second-order valence-corrected chi connectivity index (χ2v) is 9.02. The third-order valence-electron chi connectivity index (χ3n) is 6.41. The van der Waals surface area contributed by atoms with Crippen molar-refractivity contribution in [2.24, 2.45) is 11.5 Å². The molecule has 0 atom stereocenters. The number of hydrogen-bond donors (Lipinski definition) is 5. The standard InChI is InChI=1S/C28H32FN5/c29-22-6-2-5-20(15-22)21-7-12-26(31)25(16-21)28(33)27(32)14-18-3-1-4-19(13-18)17-34-24-10-8-23(30)9-11-24/h1-7,12-16,23-24,33-34H,8-11,17,30-32H2/b27-14-,33-28?. The Bertz CT molecular complexity index is 1190. The molecule has 3 aromatic carbocycles. The largest absolute Gasteiger partial charge is 0.398 e. The Morgan fingerprint density at radius 3 is 2.47 bits per heavy atom. The third-order valence-corrected chi connectivity index (χ3v) is 6.41. The molecule has 1 aliphatic carbocycles. The van der Waals surface area contributed by atoms with E-state index in [1.165, 1.54) is 12.1 Å². The maximum Gasteiger partial charge on any atom is 0.123 e. The minimum Gasteiger partial charge on any atom is -0.398 e. The van der Waals surface area contributed by atoms with E-state index in [2.05, 4.69) is 17.4 Å². The highest BCUT2D eigenvalue weighted by Gasteiger charge is 2.17.